The van der Waals surface area contributed by atoms with Crippen molar-refractivity contribution in [2.24, 2.45) is 5.92 Å². The average Bonchev–Trinajstić information content (AvgIpc) is 4.20. The number of aromatic nitrogens is 3. The summed E-state index contributed by atoms with van der Waals surface area (Å²) in [6.07, 6.45) is 16.5. The van der Waals surface area contributed by atoms with Crippen LogP contribution in [0.5, 0.6) is 11.8 Å². The van der Waals surface area contributed by atoms with Gasteiger partial charge in [0.2, 0.25) is 11.8 Å². The standard InChI is InChI=1S/C57H63F2N11O5/c1-2-42-46(58)9-4-35-25-41(71)26-44(49(35)42)51-50(59)52-45(27-60-51)53(68-30-37-5-6-38(31-68)61-37)64-56(63-52)75-33-57-15-3-17-70(57)40(12-16-57)32-66-22-20-65(21-23-66)28-34-13-18-67(19-14-34)39-7-8-43-36(24-39)29-69(55(43)74)47-10-11-48(72)62-54(47)73/h1,4,7-9,24-27,34,37-38,40,47,61,71H,3,5-6,10-23,28-33H2,(H,62,72,73)/t37?,38?,40-,47?,57-/m0/s1. The van der Waals surface area contributed by atoms with Gasteiger partial charge in [0, 0.05) is 125 Å². The molecule has 3 unspecified atom stereocenters. The largest absolute Gasteiger partial charge is 0.508 e. The number of hydrogen-bond acceptors (Lipinski definition) is 14. The van der Waals surface area contributed by atoms with Gasteiger partial charge in [-0.05, 0) is 118 Å². The van der Waals surface area contributed by atoms with Crippen LogP contribution in [0.25, 0.3) is 32.9 Å². The van der Waals surface area contributed by atoms with Crippen LogP contribution in [-0.2, 0) is 16.1 Å². The number of anilines is 2. The van der Waals surface area contributed by atoms with Crippen LogP contribution < -0.4 is 25.2 Å². The topological polar surface area (TPSA) is 163 Å². The maximum absolute atomic E-state index is 17.3. The molecule has 390 valence electrons. The number of nitrogens with zero attached hydrogens (tertiary/aromatic N) is 9. The van der Waals surface area contributed by atoms with Gasteiger partial charge in [0.25, 0.3) is 5.91 Å². The van der Waals surface area contributed by atoms with Gasteiger partial charge in [-0.1, -0.05) is 12.0 Å². The van der Waals surface area contributed by atoms with Crippen LogP contribution in [0.3, 0.4) is 0 Å². The number of hydrogen-bond donors (Lipinski definition) is 3. The summed E-state index contributed by atoms with van der Waals surface area (Å²) in [5.74, 6) is 1.36. The van der Waals surface area contributed by atoms with Crippen LogP contribution in [0.15, 0.2) is 48.7 Å². The van der Waals surface area contributed by atoms with E-state index >= 15 is 8.78 Å². The summed E-state index contributed by atoms with van der Waals surface area (Å²) in [5.41, 5.74) is 2.64. The molecule has 5 atom stereocenters. The summed E-state index contributed by atoms with van der Waals surface area (Å²) in [5, 5.41) is 18.0. The lowest BCUT2D eigenvalue weighted by atomic mass is 9.95. The van der Waals surface area contributed by atoms with Gasteiger partial charge < -0.3 is 34.8 Å². The Hall–Kier alpha value is -6.52. The Labute approximate surface area is 434 Å². The molecule has 3 aromatic carbocycles. The number of benzene rings is 3. The lowest BCUT2D eigenvalue weighted by molar-refractivity contribution is -0.136. The first kappa shape index (κ1) is 48.1. The first-order chi connectivity index (χ1) is 36.5. The van der Waals surface area contributed by atoms with Crippen molar-refractivity contribution < 1.29 is 33.0 Å². The number of nitrogens with one attached hydrogen (secondary N) is 2. The van der Waals surface area contributed by atoms with Gasteiger partial charge in [-0.25, -0.2) is 8.78 Å². The molecule has 13 rings (SSSR count). The van der Waals surface area contributed by atoms with Gasteiger partial charge in [-0.2, -0.15) is 9.97 Å². The summed E-state index contributed by atoms with van der Waals surface area (Å²) in [4.78, 5) is 66.2. The second-order valence-corrected chi connectivity index (χ2v) is 22.5. The van der Waals surface area contributed by atoms with Crippen molar-refractivity contribution in [2.75, 3.05) is 88.4 Å². The molecule has 0 spiro atoms. The van der Waals surface area contributed by atoms with E-state index < -0.39 is 17.7 Å². The SMILES string of the molecule is C#Cc1c(F)ccc2cc(O)cc(-c3ncc4c(N5CC6CCC(C5)N6)nc(OC[C@@]56CCCN5[C@H](CN5CCN(CC7CCN(c8ccc9c(c8)CN(C8CCC(=O)NC8=O)C9=O)CC7)CC5)CC6)nc4c3F)c12. The normalized spacial score (nSPS) is 26.6. The number of carbonyl (C=O) groups excluding carboxylic acids is 3. The van der Waals surface area contributed by atoms with E-state index in [2.05, 4.69) is 52.1 Å². The second-order valence-electron chi connectivity index (χ2n) is 22.5. The molecule has 0 aliphatic carbocycles. The first-order valence-corrected chi connectivity index (χ1v) is 27.1. The highest BCUT2D eigenvalue weighted by molar-refractivity contribution is 6.06. The number of phenols is 1. The highest BCUT2D eigenvalue weighted by Gasteiger charge is 2.50. The number of pyridine rings is 1. The fourth-order valence-corrected chi connectivity index (χ4v) is 14.2. The number of ether oxygens (including phenoxy) is 1. The van der Waals surface area contributed by atoms with Crippen LogP contribution in [0.2, 0.25) is 0 Å². The molecule has 3 amide bonds. The molecule has 8 aliphatic rings. The number of amides is 3. The summed E-state index contributed by atoms with van der Waals surface area (Å²) >= 11 is 0. The number of fused-ring (bicyclic) bond motifs is 6. The molecule has 3 N–H and O–H groups in total. The van der Waals surface area contributed by atoms with Crippen LogP contribution in [0.4, 0.5) is 20.3 Å². The molecular weight excluding hydrogens is 957 g/mol. The number of halogens is 2. The second kappa shape index (κ2) is 19.2. The molecule has 8 aliphatic heterocycles. The van der Waals surface area contributed by atoms with E-state index in [1.807, 2.05) is 12.1 Å². The fraction of sp³-hybridized carbons (Fsp3) is 0.509. The van der Waals surface area contributed by atoms with Crippen molar-refractivity contribution in [3.8, 4) is 35.4 Å². The fourth-order valence-electron chi connectivity index (χ4n) is 14.2. The monoisotopic (exact) mass is 1020 g/mol. The van der Waals surface area contributed by atoms with Crippen LogP contribution >= 0.6 is 0 Å². The number of piperazine rings is 2. The Morgan fingerprint density at radius 3 is 2.40 bits per heavy atom. The van der Waals surface area contributed by atoms with Crippen molar-refractivity contribution in [1.82, 2.24) is 45.2 Å². The Kier molecular flexibility index (Phi) is 12.4. The number of aromatic hydroxyl groups is 1. The lowest BCUT2D eigenvalue weighted by Gasteiger charge is -2.41. The molecule has 7 saturated heterocycles. The third-order valence-electron chi connectivity index (χ3n) is 18.1. The number of terminal acetylenes is 1. The van der Waals surface area contributed by atoms with Gasteiger partial charge in [0.05, 0.1) is 16.5 Å². The minimum Gasteiger partial charge on any atom is -0.508 e. The molecule has 5 aromatic rings. The Morgan fingerprint density at radius 2 is 1.63 bits per heavy atom. The zero-order valence-electron chi connectivity index (χ0n) is 42.2. The highest BCUT2D eigenvalue weighted by atomic mass is 19.1. The van der Waals surface area contributed by atoms with E-state index in [1.165, 1.54) is 24.3 Å². The van der Waals surface area contributed by atoms with Crippen LogP contribution in [-0.4, -0.2) is 166 Å². The summed E-state index contributed by atoms with van der Waals surface area (Å²) in [7, 11) is 0. The molecule has 7 fully saturated rings. The van der Waals surface area contributed by atoms with Gasteiger partial charge in [0.15, 0.2) is 5.82 Å². The third kappa shape index (κ3) is 8.78. The summed E-state index contributed by atoms with van der Waals surface area (Å²) in [6.45, 7) is 11.4. The number of imide groups is 1. The zero-order chi connectivity index (χ0) is 51.1. The highest BCUT2D eigenvalue weighted by Crippen LogP contribution is 2.44. The molecule has 10 heterocycles. The van der Waals surface area contributed by atoms with Crippen LogP contribution in [0, 0.1) is 29.9 Å². The Morgan fingerprint density at radius 1 is 0.840 bits per heavy atom. The molecule has 16 nitrogen and oxygen atoms in total. The minimum atomic E-state index is -0.722. The van der Waals surface area contributed by atoms with Gasteiger partial charge in [-0.15, -0.1) is 6.42 Å². The number of rotatable bonds is 11. The Bertz CT molecular complexity index is 3160. The molecule has 18 heteroatoms. The average molecular weight is 1020 g/mol. The van der Waals surface area contributed by atoms with E-state index in [-0.39, 0.29) is 69.2 Å². The maximum atomic E-state index is 17.3. The van der Waals surface area contributed by atoms with E-state index in [0.29, 0.717) is 78.9 Å². The van der Waals surface area contributed by atoms with Crippen molar-refractivity contribution >= 4 is 50.9 Å². The predicted octanol–water partition coefficient (Wildman–Crippen LogP) is 5.42. The van der Waals surface area contributed by atoms with Crippen molar-refractivity contribution in [3.63, 3.8) is 0 Å². The summed E-state index contributed by atoms with van der Waals surface area (Å²) < 4.78 is 39.1. The lowest BCUT2D eigenvalue weighted by Crippen LogP contribution is -2.53. The maximum Gasteiger partial charge on any atom is 0.319 e. The predicted molar refractivity (Wildman–Crippen MR) is 279 cm³/mol. The number of phenolic OH excluding ortho intramolecular Hbond substituents is 1. The van der Waals surface area contributed by atoms with Gasteiger partial charge in [0.1, 0.15) is 41.2 Å². The molecule has 0 radical (unpaired) electrons. The molecule has 2 aromatic heterocycles. The summed E-state index contributed by atoms with van der Waals surface area (Å²) in [6, 6.07) is 12.2. The first-order valence-electron chi connectivity index (χ1n) is 27.1. The van der Waals surface area contributed by atoms with Gasteiger partial charge in [-0.3, -0.25) is 34.5 Å². The van der Waals surface area contributed by atoms with E-state index in [0.717, 1.165) is 122 Å². The van der Waals surface area contributed by atoms with Crippen molar-refractivity contribution in [1.29, 1.82) is 0 Å². The third-order valence-corrected chi connectivity index (χ3v) is 18.1. The van der Waals surface area contributed by atoms with E-state index in [1.54, 1.807) is 11.1 Å². The minimum absolute atomic E-state index is 0.0338. The zero-order valence-corrected chi connectivity index (χ0v) is 42.2. The van der Waals surface area contributed by atoms with E-state index in [9.17, 15) is 19.5 Å². The molecular formula is C57H63F2N11O5. The van der Waals surface area contributed by atoms with E-state index in [4.69, 9.17) is 21.1 Å². The number of carbonyl (C=O) groups is 3. The quantitative estimate of drug-likeness (QED) is 0.114. The van der Waals surface area contributed by atoms with Gasteiger partial charge >= 0.3 is 6.01 Å². The molecule has 2 bridgehead atoms. The van der Waals surface area contributed by atoms with Crippen molar-refractivity contribution in [2.45, 2.75) is 100 Å². The number of piperidine rings is 2. The smallest absolute Gasteiger partial charge is 0.319 e. The molecule has 75 heavy (non-hydrogen) atoms. The molecule has 0 saturated carbocycles. The van der Waals surface area contributed by atoms with Crippen LogP contribution in [0.1, 0.15) is 85.7 Å². The van der Waals surface area contributed by atoms with Crippen molar-refractivity contribution in [3.05, 3.63) is 77.0 Å². The Balaban J connectivity index is 0.646.